The van der Waals surface area contributed by atoms with Crippen LogP contribution in [-0.4, -0.2) is 21.4 Å². The maximum Gasteiger partial charge on any atom is 0.263 e. The molecule has 3 aromatic rings. The van der Waals surface area contributed by atoms with Crippen LogP contribution >= 0.6 is 0 Å². The highest BCUT2D eigenvalue weighted by molar-refractivity contribution is 6.01. The summed E-state index contributed by atoms with van der Waals surface area (Å²) >= 11 is 0. The van der Waals surface area contributed by atoms with Crippen LogP contribution in [0.3, 0.4) is 0 Å². The number of hydrogen-bond donors (Lipinski definition) is 3. The smallest absolute Gasteiger partial charge is 0.263 e. The molecule has 7 heteroatoms. The number of aromatic nitrogens is 2. The van der Waals surface area contributed by atoms with Crippen molar-refractivity contribution in [2.45, 2.75) is 39.0 Å². The lowest BCUT2D eigenvalue weighted by molar-refractivity contribution is -0.118. The Labute approximate surface area is 167 Å². The van der Waals surface area contributed by atoms with E-state index in [2.05, 4.69) is 16.4 Å². The zero-order chi connectivity index (χ0) is 20.9. The first-order valence-electron chi connectivity index (χ1n) is 9.71. The van der Waals surface area contributed by atoms with Crippen LogP contribution in [0.15, 0.2) is 29.1 Å². The molecule has 2 aromatic heterocycles. The first-order valence-corrected chi connectivity index (χ1v) is 9.71. The first-order chi connectivity index (χ1) is 13.8. The number of amides is 2. The van der Waals surface area contributed by atoms with Gasteiger partial charge in [-0.15, -0.1) is 0 Å². The van der Waals surface area contributed by atoms with E-state index in [1.54, 1.807) is 20.9 Å². The Balaban J connectivity index is 1.76. The zero-order valence-corrected chi connectivity index (χ0v) is 16.8. The maximum atomic E-state index is 13.3. The van der Waals surface area contributed by atoms with Crippen LogP contribution in [-0.2, 0) is 18.3 Å². The third-order valence-electron chi connectivity index (χ3n) is 6.06. The number of aromatic amines is 1. The van der Waals surface area contributed by atoms with E-state index in [9.17, 15) is 14.4 Å². The van der Waals surface area contributed by atoms with Gasteiger partial charge in [0.2, 0.25) is 5.91 Å². The molecule has 1 atom stereocenters. The van der Waals surface area contributed by atoms with Crippen molar-refractivity contribution in [3.05, 3.63) is 62.7 Å². The highest BCUT2D eigenvalue weighted by Crippen LogP contribution is 2.37. The van der Waals surface area contributed by atoms with Crippen molar-refractivity contribution >= 4 is 28.4 Å². The van der Waals surface area contributed by atoms with Crippen molar-refractivity contribution in [1.82, 2.24) is 9.55 Å². The molecule has 4 N–H and O–H groups in total. The Morgan fingerprint density at radius 2 is 1.97 bits per heavy atom. The number of rotatable bonds is 3. The molecule has 0 fully saturated rings. The van der Waals surface area contributed by atoms with Gasteiger partial charge in [0.25, 0.3) is 11.5 Å². The molecule has 29 heavy (non-hydrogen) atoms. The molecule has 1 aromatic carbocycles. The second-order valence-electron chi connectivity index (χ2n) is 7.69. The summed E-state index contributed by atoms with van der Waals surface area (Å²) in [5.41, 5.74) is 9.49. The Morgan fingerprint density at radius 3 is 2.69 bits per heavy atom. The summed E-state index contributed by atoms with van der Waals surface area (Å²) in [6, 6.07) is 8.07. The third kappa shape index (κ3) is 2.93. The highest BCUT2D eigenvalue weighted by Gasteiger charge is 2.31. The van der Waals surface area contributed by atoms with E-state index in [-0.39, 0.29) is 17.4 Å². The minimum atomic E-state index is -0.797. The number of fused-ring (bicyclic) bond motifs is 3. The number of hydrogen-bond acceptors (Lipinski definition) is 3. The third-order valence-corrected chi connectivity index (χ3v) is 6.06. The van der Waals surface area contributed by atoms with Gasteiger partial charge in [-0.1, -0.05) is 18.2 Å². The molecule has 2 amide bonds. The molecule has 0 saturated heterocycles. The summed E-state index contributed by atoms with van der Waals surface area (Å²) in [6.45, 7) is 3.38. The fraction of sp³-hybridized carbons (Fsp3) is 0.318. The number of nitrogens with one attached hydrogen (secondary N) is 2. The van der Waals surface area contributed by atoms with E-state index in [1.165, 1.54) is 10.1 Å². The molecule has 0 saturated carbocycles. The number of anilines is 1. The number of nitrogens with zero attached hydrogens (tertiary/aromatic N) is 1. The fourth-order valence-corrected chi connectivity index (χ4v) is 4.41. The van der Waals surface area contributed by atoms with E-state index < -0.39 is 11.5 Å². The van der Waals surface area contributed by atoms with E-state index in [1.807, 2.05) is 18.2 Å². The number of carbonyl (C=O) groups is 2. The molecular weight excluding hydrogens is 368 g/mol. The summed E-state index contributed by atoms with van der Waals surface area (Å²) in [5, 5.41) is 4.13. The normalized spacial score (nSPS) is 15.9. The molecule has 0 radical (unpaired) electrons. The molecule has 2 heterocycles. The van der Waals surface area contributed by atoms with Crippen molar-refractivity contribution in [3.8, 4) is 0 Å². The van der Waals surface area contributed by atoms with Crippen molar-refractivity contribution in [2.24, 2.45) is 12.8 Å². The molecule has 1 aliphatic rings. The van der Waals surface area contributed by atoms with E-state index in [0.717, 1.165) is 35.9 Å². The van der Waals surface area contributed by atoms with Crippen LogP contribution in [0.5, 0.6) is 0 Å². The number of aryl methyl sites for hydroxylation is 1. The number of nitrogens with two attached hydrogens (primary N) is 1. The topological polar surface area (TPSA) is 110 Å². The number of pyridine rings is 1. The molecule has 1 unspecified atom stereocenters. The van der Waals surface area contributed by atoms with Crippen molar-refractivity contribution in [3.63, 3.8) is 0 Å². The summed E-state index contributed by atoms with van der Waals surface area (Å²) in [5.74, 6) is -1.27. The van der Waals surface area contributed by atoms with Gasteiger partial charge in [0, 0.05) is 29.3 Å². The lowest BCUT2D eigenvalue weighted by atomic mass is 9.86. The Hall–Kier alpha value is -3.35. The van der Waals surface area contributed by atoms with Crippen molar-refractivity contribution in [1.29, 1.82) is 0 Å². The second kappa shape index (κ2) is 6.92. The average Bonchev–Trinajstić information content (AvgIpc) is 3.08. The molecule has 0 aliphatic heterocycles. The first kappa shape index (κ1) is 19.0. The van der Waals surface area contributed by atoms with Gasteiger partial charge in [0.15, 0.2) is 0 Å². The summed E-state index contributed by atoms with van der Waals surface area (Å²) < 4.78 is 1.35. The van der Waals surface area contributed by atoms with E-state index in [0.29, 0.717) is 16.9 Å². The SMILES string of the molecule is Cc1c(NC(=O)C2CCCc3c2[nH]c2ccccc32)c(C)n(C)c(=O)c1C(N)=O. The van der Waals surface area contributed by atoms with Gasteiger partial charge in [-0.2, -0.15) is 0 Å². The lowest BCUT2D eigenvalue weighted by Gasteiger charge is -2.24. The second-order valence-corrected chi connectivity index (χ2v) is 7.69. The molecular formula is C22H24N4O3. The largest absolute Gasteiger partial charge is 0.365 e. The van der Waals surface area contributed by atoms with Crippen molar-refractivity contribution in [2.75, 3.05) is 5.32 Å². The molecule has 150 valence electrons. The predicted molar refractivity (Wildman–Crippen MR) is 112 cm³/mol. The molecule has 7 nitrogen and oxygen atoms in total. The van der Waals surface area contributed by atoms with Crippen LogP contribution in [0.25, 0.3) is 10.9 Å². The monoisotopic (exact) mass is 392 g/mol. The summed E-state index contributed by atoms with van der Waals surface area (Å²) in [7, 11) is 1.57. The van der Waals surface area contributed by atoms with Crippen molar-refractivity contribution < 1.29 is 9.59 Å². The Bertz CT molecular complexity index is 1220. The minimum absolute atomic E-state index is 0.0941. The standard InChI is InChI=1S/C22H24N4O3/c1-11-17(20(23)27)22(29)26(3)12(2)18(11)25-21(28)15-9-6-8-14-13-7-4-5-10-16(13)24-19(14)15/h4-5,7,10,15,24H,6,8-9H2,1-3H3,(H2,23,27)(H,25,28). The quantitative estimate of drug-likeness (QED) is 0.637. The van der Waals surface area contributed by atoms with Crippen LogP contribution in [0.1, 0.15) is 51.6 Å². The minimum Gasteiger partial charge on any atom is -0.365 e. The predicted octanol–water partition coefficient (Wildman–Crippen LogP) is 2.64. The molecule has 0 bridgehead atoms. The van der Waals surface area contributed by atoms with Gasteiger partial charge in [-0.25, -0.2) is 0 Å². The Morgan fingerprint density at radius 1 is 1.24 bits per heavy atom. The van der Waals surface area contributed by atoms with Gasteiger partial charge >= 0.3 is 0 Å². The average molecular weight is 392 g/mol. The number of H-pyrrole nitrogens is 1. The number of benzene rings is 1. The Kier molecular flexibility index (Phi) is 4.53. The number of carbonyl (C=O) groups excluding carboxylic acids is 2. The fourth-order valence-electron chi connectivity index (χ4n) is 4.41. The molecule has 4 rings (SSSR count). The van der Waals surface area contributed by atoms with Crippen LogP contribution < -0.4 is 16.6 Å². The van der Waals surface area contributed by atoms with Gasteiger partial charge < -0.3 is 20.6 Å². The summed E-state index contributed by atoms with van der Waals surface area (Å²) in [6.07, 6.45) is 2.59. The maximum absolute atomic E-state index is 13.3. The zero-order valence-electron chi connectivity index (χ0n) is 16.8. The molecule has 1 aliphatic carbocycles. The summed E-state index contributed by atoms with van der Waals surface area (Å²) in [4.78, 5) is 40.9. The van der Waals surface area contributed by atoms with Gasteiger partial charge in [0.1, 0.15) is 5.56 Å². The van der Waals surface area contributed by atoms with Gasteiger partial charge in [-0.05, 0) is 50.3 Å². The lowest BCUT2D eigenvalue weighted by Crippen LogP contribution is -2.33. The van der Waals surface area contributed by atoms with Crippen LogP contribution in [0, 0.1) is 13.8 Å². The highest BCUT2D eigenvalue weighted by atomic mass is 16.2. The van der Waals surface area contributed by atoms with E-state index >= 15 is 0 Å². The van der Waals surface area contributed by atoms with E-state index in [4.69, 9.17) is 5.73 Å². The molecule has 0 spiro atoms. The van der Waals surface area contributed by atoms with Crippen LogP contribution in [0.4, 0.5) is 5.69 Å². The number of para-hydroxylation sites is 1. The van der Waals surface area contributed by atoms with Gasteiger partial charge in [-0.3, -0.25) is 14.4 Å². The van der Waals surface area contributed by atoms with Crippen LogP contribution in [0.2, 0.25) is 0 Å². The number of primary amides is 1. The van der Waals surface area contributed by atoms with Gasteiger partial charge in [0.05, 0.1) is 11.6 Å².